The van der Waals surface area contributed by atoms with Crippen LogP contribution < -0.4 is 10.6 Å². The van der Waals surface area contributed by atoms with Crippen molar-refractivity contribution >= 4 is 30.0 Å². The molecule has 0 radical (unpaired) electrons. The number of benzene rings is 2. The molecular formula is C20H25ClN2O3. The number of rotatable bonds is 8. The Morgan fingerprint density at radius 1 is 1.08 bits per heavy atom. The Labute approximate surface area is 160 Å². The number of anilines is 1. The summed E-state index contributed by atoms with van der Waals surface area (Å²) in [4.78, 5) is 23.5. The van der Waals surface area contributed by atoms with Crippen LogP contribution >= 0.6 is 12.4 Å². The maximum Gasteiger partial charge on any atom is 0.320 e. The first-order valence-electron chi connectivity index (χ1n) is 8.46. The fourth-order valence-corrected chi connectivity index (χ4v) is 2.64. The number of carboxylic acid groups (broad SMARTS) is 1. The highest BCUT2D eigenvalue weighted by molar-refractivity contribution is 6.04. The van der Waals surface area contributed by atoms with E-state index in [2.05, 4.69) is 10.6 Å². The fourth-order valence-electron chi connectivity index (χ4n) is 2.64. The minimum Gasteiger partial charge on any atom is -0.480 e. The van der Waals surface area contributed by atoms with E-state index in [0.29, 0.717) is 17.7 Å². The topological polar surface area (TPSA) is 78.4 Å². The Bertz CT molecular complexity index is 722. The molecule has 0 aliphatic heterocycles. The predicted molar refractivity (Wildman–Crippen MR) is 106 cm³/mol. The molecule has 0 spiro atoms. The molecule has 0 aromatic heterocycles. The van der Waals surface area contributed by atoms with Gasteiger partial charge in [-0.1, -0.05) is 43.7 Å². The molecule has 2 aromatic carbocycles. The smallest absolute Gasteiger partial charge is 0.320 e. The molecule has 26 heavy (non-hydrogen) atoms. The number of hydrogen-bond acceptors (Lipinski definition) is 3. The predicted octanol–water partition coefficient (Wildman–Crippen LogP) is 4.26. The van der Waals surface area contributed by atoms with E-state index in [-0.39, 0.29) is 24.4 Å². The van der Waals surface area contributed by atoms with Gasteiger partial charge in [-0.25, -0.2) is 0 Å². The van der Waals surface area contributed by atoms with E-state index < -0.39 is 12.0 Å². The lowest BCUT2D eigenvalue weighted by molar-refractivity contribution is -0.139. The molecule has 2 aromatic rings. The van der Waals surface area contributed by atoms with Gasteiger partial charge in [-0.05, 0) is 43.2 Å². The van der Waals surface area contributed by atoms with E-state index in [4.69, 9.17) is 0 Å². The maximum atomic E-state index is 12.2. The Morgan fingerprint density at radius 2 is 1.77 bits per heavy atom. The van der Waals surface area contributed by atoms with Crippen LogP contribution in [0, 0.1) is 0 Å². The lowest BCUT2D eigenvalue weighted by Crippen LogP contribution is -2.38. The number of nitrogens with one attached hydrogen (secondary N) is 2. The Hall–Kier alpha value is -2.37. The van der Waals surface area contributed by atoms with E-state index >= 15 is 0 Å². The average molecular weight is 377 g/mol. The van der Waals surface area contributed by atoms with Crippen LogP contribution in [0.25, 0.3) is 0 Å². The van der Waals surface area contributed by atoms with Gasteiger partial charge in [-0.3, -0.25) is 14.9 Å². The van der Waals surface area contributed by atoms with Gasteiger partial charge in [0, 0.05) is 17.3 Å². The minimum absolute atomic E-state index is 0. The van der Waals surface area contributed by atoms with Gasteiger partial charge >= 0.3 is 5.97 Å². The van der Waals surface area contributed by atoms with Gasteiger partial charge in [-0.2, -0.15) is 0 Å². The second-order valence-electron chi connectivity index (χ2n) is 6.01. The number of aliphatic carboxylic acids is 1. The van der Waals surface area contributed by atoms with E-state index in [1.54, 1.807) is 12.1 Å². The second-order valence-corrected chi connectivity index (χ2v) is 6.01. The zero-order chi connectivity index (χ0) is 18.2. The Kier molecular flexibility index (Phi) is 8.82. The normalized spacial score (nSPS) is 12.5. The molecule has 0 bridgehead atoms. The minimum atomic E-state index is -0.845. The van der Waals surface area contributed by atoms with Crippen LogP contribution in [0.15, 0.2) is 54.6 Å². The first kappa shape index (κ1) is 21.7. The molecule has 0 saturated heterocycles. The second kappa shape index (κ2) is 10.6. The summed E-state index contributed by atoms with van der Waals surface area (Å²) in [6.07, 6.45) is 1.37. The van der Waals surface area contributed by atoms with Crippen LogP contribution in [0.3, 0.4) is 0 Å². The van der Waals surface area contributed by atoms with E-state index in [1.165, 1.54) is 0 Å². The monoisotopic (exact) mass is 376 g/mol. The molecule has 0 aliphatic rings. The first-order valence-corrected chi connectivity index (χ1v) is 8.46. The molecule has 0 aliphatic carbocycles. The highest BCUT2D eigenvalue weighted by Gasteiger charge is 2.19. The number of carbonyl (C=O) groups excluding carboxylic acids is 1. The molecular weight excluding hydrogens is 352 g/mol. The molecule has 1 amide bonds. The highest BCUT2D eigenvalue weighted by Crippen LogP contribution is 2.19. The van der Waals surface area contributed by atoms with Crippen molar-refractivity contribution in [2.24, 2.45) is 0 Å². The van der Waals surface area contributed by atoms with Gasteiger partial charge in [-0.15, -0.1) is 12.4 Å². The zero-order valence-corrected chi connectivity index (χ0v) is 15.8. The van der Waals surface area contributed by atoms with Crippen molar-refractivity contribution in [3.8, 4) is 0 Å². The van der Waals surface area contributed by atoms with Crippen molar-refractivity contribution in [1.29, 1.82) is 0 Å². The summed E-state index contributed by atoms with van der Waals surface area (Å²) in [5.74, 6) is -1.02. The largest absolute Gasteiger partial charge is 0.480 e. The van der Waals surface area contributed by atoms with E-state index in [1.807, 2.05) is 56.3 Å². The van der Waals surface area contributed by atoms with Crippen LogP contribution in [-0.4, -0.2) is 23.0 Å². The van der Waals surface area contributed by atoms with Crippen molar-refractivity contribution in [2.45, 2.75) is 38.8 Å². The first-order chi connectivity index (χ1) is 12.0. The Morgan fingerprint density at radius 3 is 2.38 bits per heavy atom. The van der Waals surface area contributed by atoms with Gasteiger partial charge in [0.05, 0.1) is 0 Å². The maximum absolute atomic E-state index is 12.2. The molecule has 5 nitrogen and oxygen atoms in total. The summed E-state index contributed by atoms with van der Waals surface area (Å²) in [5, 5.41) is 15.3. The SMILES string of the molecule is CCCC(NC(C)c1cccc(NC(=O)c2ccccc2)c1)C(=O)O.Cl. The van der Waals surface area contributed by atoms with Crippen molar-refractivity contribution in [2.75, 3.05) is 5.32 Å². The van der Waals surface area contributed by atoms with Crippen molar-refractivity contribution in [3.05, 3.63) is 65.7 Å². The third-order valence-corrected chi connectivity index (χ3v) is 4.01. The number of hydrogen-bond donors (Lipinski definition) is 3. The molecule has 140 valence electrons. The van der Waals surface area contributed by atoms with Crippen LogP contribution in [0.5, 0.6) is 0 Å². The van der Waals surface area contributed by atoms with Gasteiger partial charge in [0.2, 0.25) is 0 Å². The quantitative estimate of drug-likeness (QED) is 0.643. The van der Waals surface area contributed by atoms with Crippen molar-refractivity contribution in [1.82, 2.24) is 5.32 Å². The molecule has 2 rings (SSSR count). The lowest BCUT2D eigenvalue weighted by Gasteiger charge is -2.20. The number of carboxylic acids is 1. The summed E-state index contributed by atoms with van der Waals surface area (Å²) >= 11 is 0. The van der Waals surface area contributed by atoms with Gasteiger partial charge in [0.1, 0.15) is 6.04 Å². The summed E-state index contributed by atoms with van der Waals surface area (Å²) in [6.45, 7) is 3.88. The lowest BCUT2D eigenvalue weighted by atomic mass is 10.0. The third kappa shape index (κ3) is 6.17. The summed E-state index contributed by atoms with van der Waals surface area (Å²) in [7, 11) is 0. The summed E-state index contributed by atoms with van der Waals surface area (Å²) < 4.78 is 0. The van der Waals surface area contributed by atoms with Crippen molar-refractivity contribution in [3.63, 3.8) is 0 Å². The summed E-state index contributed by atoms with van der Waals surface area (Å²) in [6, 6.07) is 15.7. The van der Waals surface area contributed by atoms with E-state index in [0.717, 1.165) is 12.0 Å². The fraction of sp³-hybridized carbons (Fsp3) is 0.300. The van der Waals surface area contributed by atoms with Gasteiger partial charge in [0.25, 0.3) is 5.91 Å². The Balaban J connectivity index is 0.00000338. The van der Waals surface area contributed by atoms with Crippen molar-refractivity contribution < 1.29 is 14.7 Å². The van der Waals surface area contributed by atoms with Crippen LogP contribution in [0.1, 0.15) is 48.7 Å². The third-order valence-electron chi connectivity index (χ3n) is 4.01. The van der Waals surface area contributed by atoms with Crippen LogP contribution in [0.4, 0.5) is 5.69 Å². The summed E-state index contributed by atoms with van der Waals surface area (Å²) in [5.41, 5.74) is 2.20. The van der Waals surface area contributed by atoms with E-state index in [9.17, 15) is 14.7 Å². The molecule has 6 heteroatoms. The molecule has 2 atom stereocenters. The molecule has 2 unspecified atom stereocenters. The van der Waals surface area contributed by atoms with Gasteiger partial charge in [0.15, 0.2) is 0 Å². The average Bonchev–Trinajstić information content (AvgIpc) is 2.62. The zero-order valence-electron chi connectivity index (χ0n) is 14.9. The number of carbonyl (C=O) groups is 2. The van der Waals surface area contributed by atoms with Crippen LogP contribution in [0.2, 0.25) is 0 Å². The molecule has 0 saturated carbocycles. The highest BCUT2D eigenvalue weighted by atomic mass is 35.5. The molecule has 0 fully saturated rings. The molecule has 3 N–H and O–H groups in total. The number of amides is 1. The van der Waals surface area contributed by atoms with Gasteiger partial charge < -0.3 is 10.4 Å². The number of halogens is 1. The van der Waals surface area contributed by atoms with Crippen LogP contribution in [-0.2, 0) is 4.79 Å². The molecule has 0 heterocycles. The standard InChI is InChI=1S/C20H24N2O3.ClH/c1-3-8-18(20(24)25)21-14(2)16-11-7-12-17(13-16)22-19(23)15-9-5-4-6-10-15;/h4-7,9-14,18,21H,3,8H2,1-2H3,(H,22,23)(H,24,25);1H.